The lowest BCUT2D eigenvalue weighted by molar-refractivity contribution is -0.137. The predicted octanol–water partition coefficient (Wildman–Crippen LogP) is 2.83. The van der Waals surface area contributed by atoms with Gasteiger partial charge in [-0.15, -0.1) is 0 Å². The van der Waals surface area contributed by atoms with Gasteiger partial charge >= 0.3 is 6.18 Å². The summed E-state index contributed by atoms with van der Waals surface area (Å²) in [6, 6.07) is 4.94. The van der Waals surface area contributed by atoms with Crippen LogP contribution < -0.4 is 5.32 Å². The van der Waals surface area contributed by atoms with Gasteiger partial charge in [-0.1, -0.05) is 12.1 Å². The van der Waals surface area contributed by atoms with E-state index in [4.69, 9.17) is 0 Å². The summed E-state index contributed by atoms with van der Waals surface area (Å²) in [6.45, 7) is 1.82. The van der Waals surface area contributed by atoms with Crippen molar-refractivity contribution in [3.8, 4) is 0 Å². The first-order chi connectivity index (χ1) is 7.81. The molecule has 2 nitrogen and oxygen atoms in total. The van der Waals surface area contributed by atoms with Crippen LogP contribution in [0.1, 0.15) is 30.9 Å². The highest BCUT2D eigenvalue weighted by atomic mass is 19.4. The number of benzene rings is 1. The highest BCUT2D eigenvalue weighted by molar-refractivity contribution is 5.79. The normalized spacial score (nSPS) is 24.8. The van der Waals surface area contributed by atoms with Crippen LogP contribution in [0.15, 0.2) is 24.3 Å². The zero-order valence-corrected chi connectivity index (χ0v) is 9.27. The Morgan fingerprint density at radius 2 is 1.82 bits per heavy atom. The molecule has 0 aliphatic carbocycles. The molecule has 5 heteroatoms. The molecule has 0 aromatic heterocycles. The van der Waals surface area contributed by atoms with Gasteiger partial charge in [0.2, 0.25) is 5.91 Å². The molecule has 1 N–H and O–H groups in total. The topological polar surface area (TPSA) is 29.1 Å². The third-order valence-electron chi connectivity index (χ3n) is 3.12. The Balaban J connectivity index is 2.27. The number of carbonyl (C=O) groups is 1. The first-order valence-corrected chi connectivity index (χ1v) is 5.30. The van der Waals surface area contributed by atoms with E-state index in [-0.39, 0.29) is 5.91 Å². The van der Waals surface area contributed by atoms with Crippen molar-refractivity contribution in [1.82, 2.24) is 5.32 Å². The van der Waals surface area contributed by atoms with Crippen molar-refractivity contribution in [2.24, 2.45) is 0 Å². The highest BCUT2D eigenvalue weighted by Crippen LogP contribution is 2.34. The second kappa shape index (κ2) is 3.75. The second-order valence-electron chi connectivity index (χ2n) is 4.46. The number of amides is 1. The molecule has 0 spiro atoms. The molecule has 1 aliphatic heterocycles. The zero-order chi connectivity index (χ0) is 12.7. The molecule has 92 valence electrons. The summed E-state index contributed by atoms with van der Waals surface area (Å²) in [5, 5.41) is 2.78. The van der Waals surface area contributed by atoms with Crippen molar-refractivity contribution in [2.75, 3.05) is 0 Å². The lowest BCUT2D eigenvalue weighted by atomic mass is 9.90. The number of halogens is 3. The van der Waals surface area contributed by atoms with E-state index in [1.807, 2.05) is 6.92 Å². The largest absolute Gasteiger partial charge is 0.416 e. The Labute approximate surface area is 96.8 Å². The van der Waals surface area contributed by atoms with Crippen LogP contribution in [-0.2, 0) is 16.5 Å². The van der Waals surface area contributed by atoms with Gasteiger partial charge in [-0.05, 0) is 31.0 Å². The van der Waals surface area contributed by atoms with Crippen molar-refractivity contribution in [2.45, 2.75) is 31.5 Å². The maximum Gasteiger partial charge on any atom is 0.416 e. The van der Waals surface area contributed by atoms with Gasteiger partial charge in [0, 0.05) is 6.42 Å². The molecule has 17 heavy (non-hydrogen) atoms. The van der Waals surface area contributed by atoms with Crippen LogP contribution in [0.25, 0.3) is 0 Å². The summed E-state index contributed by atoms with van der Waals surface area (Å²) in [7, 11) is 0. The van der Waals surface area contributed by atoms with E-state index in [1.165, 1.54) is 12.1 Å². The number of alkyl halides is 3. The third kappa shape index (κ3) is 2.28. The van der Waals surface area contributed by atoms with Crippen LogP contribution in [0.4, 0.5) is 13.2 Å². The number of rotatable bonds is 1. The SMILES string of the molecule is CC1(c2ccc(C(F)(F)F)cc2)CCC(=O)N1. The molecule has 1 aromatic carbocycles. The van der Waals surface area contributed by atoms with E-state index < -0.39 is 17.3 Å². The van der Waals surface area contributed by atoms with Gasteiger partial charge in [-0.25, -0.2) is 0 Å². The fourth-order valence-corrected chi connectivity index (χ4v) is 2.04. The molecule has 0 bridgehead atoms. The van der Waals surface area contributed by atoms with Crippen LogP contribution in [0.2, 0.25) is 0 Å². The number of hydrogen-bond donors (Lipinski definition) is 1. The molecule has 1 heterocycles. The van der Waals surface area contributed by atoms with Crippen molar-refractivity contribution in [3.05, 3.63) is 35.4 Å². The maximum absolute atomic E-state index is 12.4. The van der Waals surface area contributed by atoms with Gasteiger partial charge in [-0.3, -0.25) is 4.79 Å². The lowest BCUT2D eigenvalue weighted by Gasteiger charge is -2.24. The summed E-state index contributed by atoms with van der Waals surface area (Å²) in [6.07, 6.45) is -3.30. The summed E-state index contributed by atoms with van der Waals surface area (Å²) in [5.74, 6) is -0.0626. The molecule has 1 saturated heterocycles. The van der Waals surface area contributed by atoms with Gasteiger partial charge < -0.3 is 5.32 Å². The van der Waals surface area contributed by atoms with Crippen molar-refractivity contribution in [1.29, 1.82) is 0 Å². The lowest BCUT2D eigenvalue weighted by Crippen LogP contribution is -2.35. The molecule has 1 atom stereocenters. The van der Waals surface area contributed by atoms with Gasteiger partial charge in [0.05, 0.1) is 11.1 Å². The predicted molar refractivity (Wildman–Crippen MR) is 56.2 cm³/mol. The van der Waals surface area contributed by atoms with E-state index in [9.17, 15) is 18.0 Å². The van der Waals surface area contributed by atoms with Crippen molar-refractivity contribution >= 4 is 5.91 Å². The van der Waals surface area contributed by atoms with Gasteiger partial charge in [0.15, 0.2) is 0 Å². The number of nitrogens with one attached hydrogen (secondary N) is 1. The Bertz CT molecular complexity index is 438. The Kier molecular flexibility index (Phi) is 2.64. The van der Waals surface area contributed by atoms with Crippen LogP contribution in [0.5, 0.6) is 0 Å². The van der Waals surface area contributed by atoms with Crippen LogP contribution in [0, 0.1) is 0 Å². The van der Waals surface area contributed by atoms with Crippen LogP contribution in [-0.4, -0.2) is 5.91 Å². The first kappa shape index (κ1) is 12.0. The van der Waals surface area contributed by atoms with Gasteiger partial charge in [0.25, 0.3) is 0 Å². The molecule has 1 unspecified atom stereocenters. The summed E-state index contributed by atoms with van der Waals surface area (Å²) < 4.78 is 37.2. The Morgan fingerprint density at radius 3 is 2.24 bits per heavy atom. The third-order valence-corrected chi connectivity index (χ3v) is 3.12. The highest BCUT2D eigenvalue weighted by Gasteiger charge is 2.36. The molecule has 2 rings (SSSR count). The van der Waals surface area contributed by atoms with E-state index in [0.717, 1.165) is 12.1 Å². The number of carbonyl (C=O) groups excluding carboxylic acids is 1. The Morgan fingerprint density at radius 1 is 1.24 bits per heavy atom. The van der Waals surface area contributed by atoms with E-state index in [0.29, 0.717) is 18.4 Å². The summed E-state index contributed by atoms with van der Waals surface area (Å²) in [5.41, 5.74) is -0.508. The van der Waals surface area contributed by atoms with Crippen molar-refractivity contribution < 1.29 is 18.0 Å². The standard InChI is InChI=1S/C12H12F3NO/c1-11(7-6-10(17)16-11)8-2-4-9(5-3-8)12(13,14)15/h2-5H,6-7H2,1H3,(H,16,17). The average molecular weight is 243 g/mol. The van der Waals surface area contributed by atoms with Crippen molar-refractivity contribution in [3.63, 3.8) is 0 Å². The smallest absolute Gasteiger partial charge is 0.347 e. The van der Waals surface area contributed by atoms with Gasteiger partial charge in [-0.2, -0.15) is 13.2 Å². The molecule has 0 saturated carbocycles. The summed E-state index contributed by atoms with van der Waals surface area (Å²) in [4.78, 5) is 11.2. The monoisotopic (exact) mass is 243 g/mol. The fraction of sp³-hybridized carbons (Fsp3) is 0.417. The van der Waals surface area contributed by atoms with Crippen LogP contribution >= 0.6 is 0 Å². The molecule has 0 radical (unpaired) electrons. The van der Waals surface area contributed by atoms with E-state index >= 15 is 0 Å². The van der Waals surface area contributed by atoms with E-state index in [2.05, 4.69) is 5.32 Å². The average Bonchev–Trinajstić information content (AvgIpc) is 2.59. The quantitative estimate of drug-likeness (QED) is 0.807. The molecule has 1 amide bonds. The molecular weight excluding hydrogens is 231 g/mol. The van der Waals surface area contributed by atoms with Gasteiger partial charge in [0.1, 0.15) is 0 Å². The molecule has 1 fully saturated rings. The molecular formula is C12H12F3NO. The minimum absolute atomic E-state index is 0.0626. The zero-order valence-electron chi connectivity index (χ0n) is 9.27. The minimum Gasteiger partial charge on any atom is -0.347 e. The first-order valence-electron chi connectivity index (χ1n) is 5.30. The Hall–Kier alpha value is -1.52. The van der Waals surface area contributed by atoms with Crippen LogP contribution in [0.3, 0.4) is 0 Å². The molecule has 1 aromatic rings. The second-order valence-corrected chi connectivity index (χ2v) is 4.46. The summed E-state index contributed by atoms with van der Waals surface area (Å²) >= 11 is 0. The minimum atomic E-state index is -4.32. The maximum atomic E-state index is 12.4. The van der Waals surface area contributed by atoms with E-state index in [1.54, 1.807) is 0 Å². The molecule has 1 aliphatic rings. The number of hydrogen-bond acceptors (Lipinski definition) is 1. The fourth-order valence-electron chi connectivity index (χ4n) is 2.04.